The van der Waals surface area contributed by atoms with E-state index in [1.54, 1.807) is 14.0 Å². The third-order valence-electron chi connectivity index (χ3n) is 4.48. The molecule has 0 spiro atoms. The second kappa shape index (κ2) is 9.41. The van der Waals surface area contributed by atoms with E-state index in [0.717, 1.165) is 28.9 Å². The number of hydrogen-bond donors (Lipinski definition) is 3. The predicted octanol–water partition coefficient (Wildman–Crippen LogP) is 1.91. The third kappa shape index (κ3) is 5.85. The van der Waals surface area contributed by atoms with Crippen molar-refractivity contribution in [1.29, 1.82) is 0 Å². The SMILES string of the molecule is Cc1cccc(C)c1NC(=O)C[NH+](C)CC(=O)N[C@H](C)c1ccc(F)cc1F. The Balaban J connectivity index is 1.87. The minimum Gasteiger partial charge on any atom is -0.345 e. The summed E-state index contributed by atoms with van der Waals surface area (Å²) in [6.07, 6.45) is 0. The summed E-state index contributed by atoms with van der Waals surface area (Å²) < 4.78 is 26.8. The van der Waals surface area contributed by atoms with Crippen molar-refractivity contribution < 1.29 is 23.3 Å². The molecule has 2 aromatic rings. The Kier molecular flexibility index (Phi) is 7.23. The van der Waals surface area contributed by atoms with E-state index in [1.165, 1.54) is 6.07 Å². The van der Waals surface area contributed by atoms with Gasteiger partial charge in [0.2, 0.25) is 0 Å². The summed E-state index contributed by atoms with van der Waals surface area (Å²) in [5.41, 5.74) is 2.93. The molecule has 0 aliphatic carbocycles. The van der Waals surface area contributed by atoms with Crippen LogP contribution in [0.1, 0.15) is 29.7 Å². The Morgan fingerprint density at radius 2 is 1.64 bits per heavy atom. The highest BCUT2D eigenvalue weighted by atomic mass is 19.1. The number of halogens is 2. The minimum absolute atomic E-state index is 0.0489. The first kappa shape index (κ1) is 21.5. The number of anilines is 1. The number of amides is 2. The molecule has 5 nitrogen and oxygen atoms in total. The first-order valence-corrected chi connectivity index (χ1v) is 9.09. The number of likely N-dealkylation sites (N-methyl/N-ethyl adjacent to an activating group) is 1. The summed E-state index contributed by atoms with van der Waals surface area (Å²) >= 11 is 0. The molecule has 7 heteroatoms. The van der Waals surface area contributed by atoms with Crippen molar-refractivity contribution in [3.05, 3.63) is 64.7 Å². The van der Waals surface area contributed by atoms with Crippen LogP contribution in [-0.2, 0) is 9.59 Å². The van der Waals surface area contributed by atoms with Gasteiger partial charge in [-0.25, -0.2) is 8.78 Å². The highest BCUT2D eigenvalue weighted by Crippen LogP contribution is 2.19. The molecule has 3 N–H and O–H groups in total. The summed E-state index contributed by atoms with van der Waals surface area (Å²) in [5, 5.41) is 5.56. The van der Waals surface area contributed by atoms with Gasteiger partial charge in [0.15, 0.2) is 13.1 Å². The molecule has 1 unspecified atom stereocenters. The number of hydrogen-bond acceptors (Lipinski definition) is 2. The summed E-state index contributed by atoms with van der Waals surface area (Å²) in [7, 11) is 1.73. The maximum atomic E-state index is 13.8. The van der Waals surface area contributed by atoms with E-state index in [9.17, 15) is 18.4 Å². The number of carbonyl (C=O) groups is 2. The fourth-order valence-electron chi connectivity index (χ4n) is 3.03. The van der Waals surface area contributed by atoms with E-state index in [2.05, 4.69) is 10.6 Å². The maximum absolute atomic E-state index is 13.8. The van der Waals surface area contributed by atoms with Gasteiger partial charge in [-0.2, -0.15) is 0 Å². The molecule has 2 aromatic carbocycles. The van der Waals surface area contributed by atoms with Crippen molar-refractivity contribution in [2.75, 3.05) is 25.5 Å². The van der Waals surface area contributed by atoms with Crippen LogP contribution in [0.2, 0.25) is 0 Å². The zero-order valence-electron chi connectivity index (χ0n) is 16.5. The molecule has 0 saturated carbocycles. The lowest BCUT2D eigenvalue weighted by atomic mass is 10.1. The summed E-state index contributed by atoms with van der Waals surface area (Å²) in [5.74, 6) is -1.89. The van der Waals surface area contributed by atoms with E-state index in [4.69, 9.17) is 0 Å². The Morgan fingerprint density at radius 3 is 2.25 bits per heavy atom. The average Bonchev–Trinajstić information content (AvgIpc) is 2.57. The molecule has 150 valence electrons. The Morgan fingerprint density at radius 1 is 1.04 bits per heavy atom. The molecule has 0 heterocycles. The minimum atomic E-state index is -0.707. The van der Waals surface area contributed by atoms with Crippen LogP contribution in [0, 0.1) is 25.5 Å². The molecule has 0 fully saturated rings. The molecule has 0 radical (unpaired) electrons. The number of benzene rings is 2. The molecular formula is C21H26F2N3O2+. The highest BCUT2D eigenvalue weighted by molar-refractivity contribution is 5.93. The lowest BCUT2D eigenvalue weighted by Gasteiger charge is -2.18. The molecule has 0 aliphatic heterocycles. The first-order chi connectivity index (χ1) is 13.2. The van der Waals surface area contributed by atoms with E-state index >= 15 is 0 Å². The quantitative estimate of drug-likeness (QED) is 0.676. The average molecular weight is 390 g/mol. The van der Waals surface area contributed by atoms with Gasteiger partial charge in [-0.3, -0.25) is 9.59 Å². The fourth-order valence-corrected chi connectivity index (χ4v) is 3.03. The fraction of sp³-hybridized carbons (Fsp3) is 0.333. The van der Waals surface area contributed by atoms with Crippen LogP contribution in [0.25, 0.3) is 0 Å². The van der Waals surface area contributed by atoms with E-state index in [-0.39, 0.29) is 30.5 Å². The molecule has 2 atom stereocenters. The van der Waals surface area contributed by atoms with Crippen molar-refractivity contribution in [1.82, 2.24) is 5.32 Å². The van der Waals surface area contributed by atoms with Crippen LogP contribution in [0.15, 0.2) is 36.4 Å². The normalized spacial score (nSPS) is 12.9. The van der Waals surface area contributed by atoms with Gasteiger partial charge in [-0.1, -0.05) is 24.3 Å². The van der Waals surface area contributed by atoms with Gasteiger partial charge in [0.05, 0.1) is 13.1 Å². The standard InChI is InChI=1S/C21H25F2N3O2/c1-13-6-5-7-14(2)21(13)25-20(28)12-26(4)11-19(27)24-15(3)17-9-8-16(22)10-18(17)23/h5-10,15H,11-12H2,1-4H3,(H,24,27)(H,25,28)/p+1/t15-/m1/s1. The zero-order chi connectivity index (χ0) is 20.8. The number of aryl methyl sites for hydroxylation is 2. The molecular weight excluding hydrogens is 364 g/mol. The van der Waals surface area contributed by atoms with Gasteiger partial charge >= 0.3 is 0 Å². The molecule has 0 aromatic heterocycles. The number of quaternary nitrogens is 1. The van der Waals surface area contributed by atoms with Gasteiger partial charge in [0, 0.05) is 17.3 Å². The Labute approximate surface area is 163 Å². The number of para-hydroxylation sites is 1. The molecule has 0 saturated heterocycles. The highest BCUT2D eigenvalue weighted by Gasteiger charge is 2.19. The molecule has 0 aliphatic rings. The maximum Gasteiger partial charge on any atom is 0.279 e. The second-order valence-corrected chi connectivity index (χ2v) is 7.08. The van der Waals surface area contributed by atoms with Gasteiger partial charge in [0.25, 0.3) is 11.8 Å². The van der Waals surface area contributed by atoms with Gasteiger partial charge in [-0.05, 0) is 38.0 Å². The zero-order valence-corrected chi connectivity index (χ0v) is 16.5. The Hall–Kier alpha value is -2.80. The van der Waals surface area contributed by atoms with Crippen molar-refractivity contribution in [2.24, 2.45) is 0 Å². The Bertz CT molecular complexity index is 850. The molecule has 2 amide bonds. The van der Waals surface area contributed by atoms with Crippen molar-refractivity contribution in [2.45, 2.75) is 26.8 Å². The van der Waals surface area contributed by atoms with Gasteiger partial charge in [-0.15, -0.1) is 0 Å². The van der Waals surface area contributed by atoms with Crippen molar-refractivity contribution in [3.8, 4) is 0 Å². The van der Waals surface area contributed by atoms with Crippen LogP contribution in [0.4, 0.5) is 14.5 Å². The predicted molar refractivity (Wildman–Crippen MR) is 104 cm³/mol. The molecule has 0 bridgehead atoms. The summed E-state index contributed by atoms with van der Waals surface area (Å²) in [4.78, 5) is 25.2. The lowest BCUT2D eigenvalue weighted by Crippen LogP contribution is -3.11. The van der Waals surface area contributed by atoms with Crippen LogP contribution in [-0.4, -0.2) is 32.0 Å². The van der Waals surface area contributed by atoms with Gasteiger partial charge < -0.3 is 15.5 Å². The molecule has 2 rings (SSSR count). The van der Waals surface area contributed by atoms with Crippen molar-refractivity contribution >= 4 is 17.5 Å². The number of nitrogens with one attached hydrogen (secondary N) is 3. The van der Waals surface area contributed by atoms with Crippen LogP contribution >= 0.6 is 0 Å². The van der Waals surface area contributed by atoms with E-state index < -0.39 is 17.7 Å². The van der Waals surface area contributed by atoms with Crippen LogP contribution in [0.5, 0.6) is 0 Å². The second-order valence-electron chi connectivity index (χ2n) is 7.08. The number of carbonyl (C=O) groups excluding carboxylic acids is 2. The van der Waals surface area contributed by atoms with Crippen LogP contribution in [0.3, 0.4) is 0 Å². The summed E-state index contributed by atoms with van der Waals surface area (Å²) in [6, 6.07) is 8.40. The smallest absolute Gasteiger partial charge is 0.279 e. The van der Waals surface area contributed by atoms with E-state index in [1.807, 2.05) is 32.0 Å². The van der Waals surface area contributed by atoms with Gasteiger partial charge in [0.1, 0.15) is 11.6 Å². The largest absolute Gasteiger partial charge is 0.345 e. The van der Waals surface area contributed by atoms with E-state index in [0.29, 0.717) is 4.90 Å². The molecule has 28 heavy (non-hydrogen) atoms. The monoisotopic (exact) mass is 390 g/mol. The first-order valence-electron chi connectivity index (χ1n) is 9.09. The number of rotatable bonds is 7. The lowest BCUT2D eigenvalue weighted by molar-refractivity contribution is -0.862. The van der Waals surface area contributed by atoms with Crippen LogP contribution < -0.4 is 15.5 Å². The van der Waals surface area contributed by atoms with Crippen molar-refractivity contribution in [3.63, 3.8) is 0 Å². The topological polar surface area (TPSA) is 62.6 Å². The summed E-state index contributed by atoms with van der Waals surface area (Å²) in [6.45, 7) is 5.62. The third-order valence-corrected chi connectivity index (χ3v) is 4.48.